The van der Waals surface area contributed by atoms with Crippen LogP contribution in [0, 0.1) is 5.41 Å². The van der Waals surface area contributed by atoms with Gasteiger partial charge in [0.1, 0.15) is 11.6 Å². The smallest absolute Gasteiger partial charge is 0.230 e. The van der Waals surface area contributed by atoms with Crippen LogP contribution in [0.15, 0.2) is 36.5 Å². The number of fused-ring (bicyclic) bond motifs is 1. The Kier molecular flexibility index (Phi) is 3.37. The number of nitrogen functional groups attached to an aromatic ring is 1. The van der Waals surface area contributed by atoms with Gasteiger partial charge in [-0.05, 0) is 61.1 Å². The van der Waals surface area contributed by atoms with Gasteiger partial charge in [-0.3, -0.25) is 5.41 Å². The van der Waals surface area contributed by atoms with E-state index in [0.29, 0.717) is 11.4 Å². The summed E-state index contributed by atoms with van der Waals surface area (Å²) in [5.41, 5.74) is 8.83. The Balaban J connectivity index is 1.90. The maximum atomic E-state index is 7.55. The summed E-state index contributed by atoms with van der Waals surface area (Å²) < 4.78 is 5.80. The number of benzene rings is 1. The molecular formula is C16H17N3O. The first-order chi connectivity index (χ1) is 9.74. The van der Waals surface area contributed by atoms with Crippen LogP contribution in [-0.4, -0.2) is 10.8 Å². The largest absolute Gasteiger partial charge is 0.438 e. The lowest BCUT2D eigenvalue weighted by Gasteiger charge is -2.17. The normalized spacial score (nSPS) is 13.6. The van der Waals surface area contributed by atoms with Crippen molar-refractivity contribution in [3.8, 4) is 11.6 Å². The number of aryl methyl sites for hydroxylation is 2. The van der Waals surface area contributed by atoms with Gasteiger partial charge in [0.25, 0.3) is 0 Å². The molecule has 4 heteroatoms. The highest BCUT2D eigenvalue weighted by Gasteiger charge is 2.12. The maximum absolute atomic E-state index is 7.55. The molecule has 0 spiro atoms. The molecule has 3 rings (SSSR count). The van der Waals surface area contributed by atoms with Crippen LogP contribution in [0.25, 0.3) is 0 Å². The molecule has 0 aliphatic heterocycles. The molecular weight excluding hydrogens is 250 g/mol. The molecule has 0 amide bonds. The van der Waals surface area contributed by atoms with E-state index in [2.05, 4.69) is 17.1 Å². The standard InChI is InChI=1S/C16H17N3O/c17-15(18)14-6-3-9-19-16(14)20-13-8-7-11-4-1-2-5-12(11)10-13/h3,6-10H,1-2,4-5H2,(H3,17,18). The molecule has 1 aliphatic rings. The average Bonchev–Trinajstić information content (AvgIpc) is 2.47. The van der Waals surface area contributed by atoms with E-state index in [4.69, 9.17) is 15.9 Å². The Bertz CT molecular complexity index is 652. The third-order valence-corrected chi connectivity index (χ3v) is 3.60. The Morgan fingerprint density at radius 3 is 2.75 bits per heavy atom. The van der Waals surface area contributed by atoms with Crippen molar-refractivity contribution in [3.63, 3.8) is 0 Å². The molecule has 3 N–H and O–H groups in total. The Hall–Kier alpha value is -2.36. The third-order valence-electron chi connectivity index (χ3n) is 3.60. The number of rotatable bonds is 3. The van der Waals surface area contributed by atoms with Crippen molar-refractivity contribution in [2.24, 2.45) is 5.73 Å². The first-order valence-corrected chi connectivity index (χ1v) is 6.83. The van der Waals surface area contributed by atoms with Crippen LogP contribution >= 0.6 is 0 Å². The van der Waals surface area contributed by atoms with E-state index in [0.717, 1.165) is 18.6 Å². The molecule has 102 valence electrons. The molecule has 0 radical (unpaired) electrons. The van der Waals surface area contributed by atoms with E-state index < -0.39 is 0 Å². The zero-order valence-corrected chi connectivity index (χ0v) is 11.2. The average molecular weight is 267 g/mol. The number of ether oxygens (including phenoxy) is 1. The number of aromatic nitrogens is 1. The van der Waals surface area contributed by atoms with Crippen molar-refractivity contribution in [2.45, 2.75) is 25.7 Å². The van der Waals surface area contributed by atoms with Gasteiger partial charge in [0.15, 0.2) is 0 Å². The lowest BCUT2D eigenvalue weighted by molar-refractivity contribution is 0.460. The molecule has 0 saturated heterocycles. The topological polar surface area (TPSA) is 72.0 Å². The quantitative estimate of drug-likeness (QED) is 0.663. The molecule has 1 heterocycles. The second-order valence-electron chi connectivity index (χ2n) is 5.01. The molecule has 1 aromatic carbocycles. The van der Waals surface area contributed by atoms with E-state index in [-0.39, 0.29) is 5.84 Å². The van der Waals surface area contributed by atoms with Gasteiger partial charge in [-0.2, -0.15) is 0 Å². The van der Waals surface area contributed by atoms with Gasteiger partial charge < -0.3 is 10.5 Å². The maximum Gasteiger partial charge on any atom is 0.230 e. The van der Waals surface area contributed by atoms with Gasteiger partial charge in [-0.25, -0.2) is 4.98 Å². The van der Waals surface area contributed by atoms with Gasteiger partial charge in [0, 0.05) is 6.20 Å². The van der Waals surface area contributed by atoms with Crippen molar-refractivity contribution in [1.82, 2.24) is 4.98 Å². The van der Waals surface area contributed by atoms with E-state index in [1.165, 1.54) is 24.0 Å². The van der Waals surface area contributed by atoms with Crippen molar-refractivity contribution in [2.75, 3.05) is 0 Å². The third kappa shape index (κ3) is 2.50. The minimum atomic E-state index is -0.0361. The summed E-state index contributed by atoms with van der Waals surface area (Å²) in [6, 6.07) is 9.65. The summed E-state index contributed by atoms with van der Waals surface area (Å²) in [5.74, 6) is 1.11. The Morgan fingerprint density at radius 2 is 1.95 bits per heavy atom. The van der Waals surface area contributed by atoms with Crippen LogP contribution in [0.4, 0.5) is 0 Å². The molecule has 1 aromatic heterocycles. The van der Waals surface area contributed by atoms with Crippen LogP contribution in [0.5, 0.6) is 11.6 Å². The summed E-state index contributed by atoms with van der Waals surface area (Å²) in [4.78, 5) is 4.16. The molecule has 0 saturated carbocycles. The van der Waals surface area contributed by atoms with Crippen LogP contribution < -0.4 is 10.5 Å². The summed E-state index contributed by atoms with van der Waals surface area (Å²) in [6.07, 6.45) is 6.40. The highest BCUT2D eigenvalue weighted by atomic mass is 16.5. The first-order valence-electron chi connectivity index (χ1n) is 6.83. The van der Waals surface area contributed by atoms with Crippen molar-refractivity contribution < 1.29 is 4.74 Å². The highest BCUT2D eigenvalue weighted by molar-refractivity contribution is 5.97. The minimum absolute atomic E-state index is 0.0361. The Morgan fingerprint density at radius 1 is 1.15 bits per heavy atom. The van der Waals surface area contributed by atoms with Gasteiger partial charge >= 0.3 is 0 Å². The number of amidine groups is 1. The molecule has 2 aromatic rings. The zero-order valence-electron chi connectivity index (χ0n) is 11.2. The second-order valence-corrected chi connectivity index (χ2v) is 5.01. The van der Waals surface area contributed by atoms with E-state index in [1.54, 1.807) is 18.3 Å². The number of hydrogen-bond acceptors (Lipinski definition) is 3. The van der Waals surface area contributed by atoms with E-state index in [9.17, 15) is 0 Å². The van der Waals surface area contributed by atoms with E-state index in [1.807, 2.05) is 6.07 Å². The summed E-state index contributed by atoms with van der Waals surface area (Å²) >= 11 is 0. The number of hydrogen-bond donors (Lipinski definition) is 2. The lowest BCUT2D eigenvalue weighted by atomic mass is 9.92. The zero-order chi connectivity index (χ0) is 13.9. The van der Waals surface area contributed by atoms with Crippen LogP contribution in [0.3, 0.4) is 0 Å². The molecule has 0 bridgehead atoms. The SMILES string of the molecule is N=C(N)c1cccnc1Oc1ccc2c(c1)CCCC2. The van der Waals surface area contributed by atoms with Gasteiger partial charge in [-0.15, -0.1) is 0 Å². The highest BCUT2D eigenvalue weighted by Crippen LogP contribution is 2.28. The summed E-state index contributed by atoms with van der Waals surface area (Å²) in [7, 11) is 0. The van der Waals surface area contributed by atoms with Crippen molar-refractivity contribution in [1.29, 1.82) is 5.41 Å². The van der Waals surface area contributed by atoms with Gasteiger partial charge in [0.2, 0.25) is 5.88 Å². The molecule has 0 fully saturated rings. The summed E-state index contributed by atoms with van der Waals surface area (Å²) in [5, 5.41) is 7.55. The lowest BCUT2D eigenvalue weighted by Crippen LogP contribution is -2.13. The fourth-order valence-corrected chi connectivity index (χ4v) is 2.56. The number of pyridine rings is 1. The number of nitrogens with zero attached hydrogens (tertiary/aromatic N) is 1. The number of nitrogens with one attached hydrogen (secondary N) is 1. The van der Waals surface area contributed by atoms with Gasteiger partial charge in [0.05, 0.1) is 5.56 Å². The fourth-order valence-electron chi connectivity index (χ4n) is 2.56. The predicted octanol–water partition coefficient (Wildman–Crippen LogP) is 3.04. The second kappa shape index (κ2) is 5.33. The predicted molar refractivity (Wildman–Crippen MR) is 78.4 cm³/mol. The monoisotopic (exact) mass is 267 g/mol. The Labute approximate surface area is 118 Å². The van der Waals surface area contributed by atoms with Crippen LogP contribution in [-0.2, 0) is 12.8 Å². The molecule has 1 aliphatic carbocycles. The van der Waals surface area contributed by atoms with E-state index >= 15 is 0 Å². The van der Waals surface area contributed by atoms with Crippen LogP contribution in [0.2, 0.25) is 0 Å². The molecule has 20 heavy (non-hydrogen) atoms. The van der Waals surface area contributed by atoms with Crippen molar-refractivity contribution in [3.05, 3.63) is 53.2 Å². The minimum Gasteiger partial charge on any atom is -0.438 e. The molecule has 4 nitrogen and oxygen atoms in total. The van der Waals surface area contributed by atoms with Crippen molar-refractivity contribution >= 4 is 5.84 Å². The first kappa shape index (κ1) is 12.7. The summed E-state index contributed by atoms with van der Waals surface area (Å²) in [6.45, 7) is 0. The number of nitrogens with two attached hydrogens (primary N) is 1. The molecule has 0 atom stereocenters. The fraction of sp³-hybridized carbons (Fsp3) is 0.250. The van der Waals surface area contributed by atoms with Crippen LogP contribution in [0.1, 0.15) is 29.5 Å². The molecule has 0 unspecified atom stereocenters. The van der Waals surface area contributed by atoms with Gasteiger partial charge in [-0.1, -0.05) is 6.07 Å².